The predicted octanol–water partition coefficient (Wildman–Crippen LogP) is 0.941. The zero-order valence-corrected chi connectivity index (χ0v) is 9.35. The van der Waals surface area contributed by atoms with E-state index in [4.69, 9.17) is 9.84 Å². The molecule has 0 unspecified atom stereocenters. The number of carboxylic acids is 1. The summed E-state index contributed by atoms with van der Waals surface area (Å²) in [5.74, 6) is 0.198. The fourth-order valence-electron chi connectivity index (χ4n) is 2.02. The minimum atomic E-state index is -0.841. The fraction of sp³-hybridized carbons (Fsp3) is 0.636. The number of ether oxygens (including phenoxy) is 1. The van der Waals surface area contributed by atoms with Crippen molar-refractivity contribution < 1.29 is 14.6 Å². The molecule has 2 heterocycles. The largest absolute Gasteiger partial charge is 0.481 e. The van der Waals surface area contributed by atoms with Gasteiger partial charge in [-0.25, -0.2) is 4.98 Å². The maximum Gasteiger partial charge on any atom is 0.311 e. The Balaban J connectivity index is 2.12. The molecule has 1 aliphatic heterocycles. The van der Waals surface area contributed by atoms with E-state index in [9.17, 15) is 4.79 Å². The van der Waals surface area contributed by atoms with Crippen molar-refractivity contribution in [3.05, 3.63) is 17.7 Å². The molecule has 0 radical (unpaired) electrons. The van der Waals surface area contributed by atoms with E-state index >= 15 is 0 Å². The van der Waals surface area contributed by atoms with Gasteiger partial charge < -0.3 is 14.4 Å². The van der Waals surface area contributed by atoms with Gasteiger partial charge in [0.05, 0.1) is 5.69 Å². The van der Waals surface area contributed by atoms with Crippen molar-refractivity contribution in [1.82, 2.24) is 9.55 Å². The van der Waals surface area contributed by atoms with Crippen LogP contribution in [-0.4, -0.2) is 33.8 Å². The second kappa shape index (κ2) is 4.65. The maximum atomic E-state index is 10.6. The molecule has 2 rings (SSSR count). The average molecular weight is 224 g/mol. The highest BCUT2D eigenvalue weighted by Crippen LogP contribution is 2.25. The van der Waals surface area contributed by atoms with Crippen molar-refractivity contribution in [3.63, 3.8) is 0 Å². The topological polar surface area (TPSA) is 64.4 Å². The lowest BCUT2D eigenvalue weighted by atomic mass is 9.97. The molecule has 16 heavy (non-hydrogen) atoms. The van der Waals surface area contributed by atoms with Gasteiger partial charge in [0.2, 0.25) is 0 Å². The lowest BCUT2D eigenvalue weighted by Crippen LogP contribution is -2.14. The first kappa shape index (κ1) is 11.1. The quantitative estimate of drug-likeness (QED) is 0.830. The molecule has 0 amide bonds. The predicted molar refractivity (Wildman–Crippen MR) is 57.3 cm³/mol. The van der Waals surface area contributed by atoms with Crippen LogP contribution in [0.3, 0.4) is 0 Å². The van der Waals surface area contributed by atoms with E-state index in [-0.39, 0.29) is 6.42 Å². The molecule has 5 nitrogen and oxygen atoms in total. The van der Waals surface area contributed by atoms with Gasteiger partial charge >= 0.3 is 5.97 Å². The Kier molecular flexibility index (Phi) is 3.24. The minimum Gasteiger partial charge on any atom is -0.481 e. The lowest BCUT2D eigenvalue weighted by Gasteiger charge is -2.19. The van der Waals surface area contributed by atoms with Gasteiger partial charge in [0.1, 0.15) is 12.2 Å². The highest BCUT2D eigenvalue weighted by atomic mass is 16.5. The van der Waals surface area contributed by atoms with Gasteiger partial charge in [0, 0.05) is 32.4 Å². The van der Waals surface area contributed by atoms with Crippen LogP contribution < -0.4 is 0 Å². The summed E-state index contributed by atoms with van der Waals surface area (Å²) in [5, 5.41) is 8.74. The molecule has 1 N–H and O–H groups in total. The molecule has 1 aromatic heterocycles. The Morgan fingerprint density at radius 3 is 2.94 bits per heavy atom. The third kappa shape index (κ3) is 2.41. The second-order valence-electron chi connectivity index (χ2n) is 4.15. The van der Waals surface area contributed by atoms with Crippen LogP contribution >= 0.6 is 0 Å². The minimum absolute atomic E-state index is 0.0142. The summed E-state index contributed by atoms with van der Waals surface area (Å²) >= 11 is 0. The van der Waals surface area contributed by atoms with Crippen molar-refractivity contribution in [2.75, 3.05) is 13.2 Å². The molecule has 0 aliphatic carbocycles. The molecule has 0 bridgehead atoms. The standard InChI is InChI=1S/C11H16N2O3/c1-13-7-9(8-2-4-16-5-3-8)12-10(13)6-11(14)15/h7-8H,2-6H2,1H3,(H,14,15). The first-order valence-electron chi connectivity index (χ1n) is 5.48. The highest BCUT2D eigenvalue weighted by molar-refractivity contribution is 5.69. The summed E-state index contributed by atoms with van der Waals surface area (Å²) in [6.07, 6.45) is 3.88. The van der Waals surface area contributed by atoms with E-state index in [1.807, 2.05) is 13.2 Å². The number of nitrogens with zero attached hydrogens (tertiary/aromatic N) is 2. The Bertz CT molecular complexity index is 381. The number of hydrogen-bond donors (Lipinski definition) is 1. The number of aliphatic carboxylic acids is 1. The molecule has 1 aromatic rings. The summed E-state index contributed by atoms with van der Waals surface area (Å²) < 4.78 is 7.10. The molecule has 0 saturated carbocycles. The fourth-order valence-corrected chi connectivity index (χ4v) is 2.02. The van der Waals surface area contributed by atoms with Gasteiger partial charge in [-0.1, -0.05) is 0 Å². The summed E-state index contributed by atoms with van der Waals surface area (Å²) in [5.41, 5.74) is 1.00. The van der Waals surface area contributed by atoms with Crippen molar-refractivity contribution in [3.8, 4) is 0 Å². The lowest BCUT2D eigenvalue weighted by molar-refractivity contribution is -0.136. The van der Waals surface area contributed by atoms with Crippen LogP contribution in [0.4, 0.5) is 0 Å². The van der Waals surface area contributed by atoms with E-state index < -0.39 is 5.97 Å². The summed E-state index contributed by atoms with van der Waals surface area (Å²) in [6.45, 7) is 1.55. The number of carbonyl (C=O) groups is 1. The number of hydrogen-bond acceptors (Lipinski definition) is 3. The monoisotopic (exact) mass is 224 g/mol. The normalized spacial score (nSPS) is 17.6. The molecule has 1 saturated heterocycles. The first-order valence-corrected chi connectivity index (χ1v) is 5.48. The van der Waals surface area contributed by atoms with Crippen LogP contribution in [0.15, 0.2) is 6.20 Å². The van der Waals surface area contributed by atoms with Gasteiger partial charge in [0.15, 0.2) is 0 Å². The van der Waals surface area contributed by atoms with Crippen LogP contribution in [0.1, 0.15) is 30.3 Å². The Hall–Kier alpha value is -1.36. The molecular formula is C11H16N2O3. The number of aryl methyl sites for hydroxylation is 1. The van der Waals surface area contributed by atoms with Gasteiger partial charge in [-0.05, 0) is 12.8 Å². The van der Waals surface area contributed by atoms with Crippen LogP contribution in [-0.2, 0) is 23.0 Å². The molecule has 5 heteroatoms. The third-order valence-corrected chi connectivity index (χ3v) is 2.94. The number of rotatable bonds is 3. The second-order valence-corrected chi connectivity index (χ2v) is 4.15. The number of aromatic nitrogens is 2. The smallest absolute Gasteiger partial charge is 0.311 e. The number of carboxylic acid groups (broad SMARTS) is 1. The van der Waals surface area contributed by atoms with E-state index in [0.717, 1.165) is 31.7 Å². The first-order chi connectivity index (χ1) is 7.66. The third-order valence-electron chi connectivity index (χ3n) is 2.94. The Morgan fingerprint density at radius 2 is 2.31 bits per heavy atom. The molecule has 0 spiro atoms. The summed E-state index contributed by atoms with van der Waals surface area (Å²) in [7, 11) is 1.84. The summed E-state index contributed by atoms with van der Waals surface area (Å²) in [6, 6.07) is 0. The van der Waals surface area contributed by atoms with Crippen LogP contribution in [0.5, 0.6) is 0 Å². The highest BCUT2D eigenvalue weighted by Gasteiger charge is 2.20. The van der Waals surface area contributed by atoms with E-state index in [1.54, 1.807) is 4.57 Å². The molecular weight excluding hydrogens is 208 g/mol. The summed E-state index contributed by atoms with van der Waals surface area (Å²) in [4.78, 5) is 15.0. The number of imidazole rings is 1. The van der Waals surface area contributed by atoms with Crippen molar-refractivity contribution in [1.29, 1.82) is 0 Å². The van der Waals surface area contributed by atoms with E-state index in [0.29, 0.717) is 11.7 Å². The molecule has 88 valence electrons. The van der Waals surface area contributed by atoms with Crippen LogP contribution in [0.2, 0.25) is 0 Å². The van der Waals surface area contributed by atoms with E-state index in [1.165, 1.54) is 0 Å². The molecule has 1 fully saturated rings. The van der Waals surface area contributed by atoms with Crippen LogP contribution in [0, 0.1) is 0 Å². The zero-order chi connectivity index (χ0) is 11.5. The van der Waals surface area contributed by atoms with Gasteiger partial charge in [0.25, 0.3) is 0 Å². The SMILES string of the molecule is Cn1cc(C2CCOCC2)nc1CC(=O)O. The van der Waals surface area contributed by atoms with Gasteiger partial charge in [-0.15, -0.1) is 0 Å². The van der Waals surface area contributed by atoms with E-state index in [2.05, 4.69) is 4.98 Å². The average Bonchev–Trinajstić information content (AvgIpc) is 2.61. The Labute approximate surface area is 94.1 Å². The zero-order valence-electron chi connectivity index (χ0n) is 9.35. The molecule has 0 atom stereocenters. The van der Waals surface area contributed by atoms with Crippen LogP contribution in [0.25, 0.3) is 0 Å². The molecule has 1 aliphatic rings. The maximum absolute atomic E-state index is 10.6. The van der Waals surface area contributed by atoms with Crippen molar-refractivity contribution >= 4 is 5.97 Å². The van der Waals surface area contributed by atoms with Gasteiger partial charge in [-0.2, -0.15) is 0 Å². The molecule has 0 aromatic carbocycles. The Morgan fingerprint density at radius 1 is 1.62 bits per heavy atom. The van der Waals surface area contributed by atoms with Crippen molar-refractivity contribution in [2.45, 2.75) is 25.2 Å². The van der Waals surface area contributed by atoms with Crippen molar-refractivity contribution in [2.24, 2.45) is 7.05 Å². The van der Waals surface area contributed by atoms with Gasteiger partial charge in [-0.3, -0.25) is 4.79 Å².